The van der Waals surface area contributed by atoms with Crippen LogP contribution in [0.3, 0.4) is 0 Å². The lowest BCUT2D eigenvalue weighted by atomic mass is 10.1. The zero-order chi connectivity index (χ0) is 19.1. The molecule has 80 valence electrons. The van der Waals surface area contributed by atoms with Gasteiger partial charge in [0, 0.05) is 22.2 Å². The predicted octanol–water partition coefficient (Wildman–Crippen LogP) is 1.55. The Morgan fingerprint density at radius 2 is 2.31 bits per heavy atom. The Morgan fingerprint density at radius 1 is 1.50 bits per heavy atom. The molecule has 0 bridgehead atoms. The zero-order valence-electron chi connectivity index (χ0n) is 16.7. The highest BCUT2D eigenvalue weighted by Crippen LogP contribution is 2.18. The van der Waals surface area contributed by atoms with E-state index in [1.807, 2.05) is 0 Å². The first-order chi connectivity index (χ1) is 11.5. The van der Waals surface area contributed by atoms with Gasteiger partial charge in [0.15, 0.2) is 11.5 Å². The summed E-state index contributed by atoms with van der Waals surface area (Å²) in [5.74, 6) is -1.97. The van der Waals surface area contributed by atoms with E-state index in [4.69, 9.17) is 12.4 Å². The molecule has 16 heavy (non-hydrogen) atoms. The van der Waals surface area contributed by atoms with Crippen molar-refractivity contribution in [3.63, 3.8) is 0 Å². The number of carboxylic acids is 1. The van der Waals surface area contributed by atoms with E-state index in [1.54, 1.807) is 0 Å². The maximum atomic E-state index is 11.8. The average Bonchev–Trinajstić information content (AvgIpc) is 2.52. The number of carbonyl (C=O) groups is 1. The van der Waals surface area contributed by atoms with Crippen molar-refractivity contribution in [2.24, 2.45) is 0 Å². The minimum absolute atomic E-state index is 0.547. The highest BCUT2D eigenvalue weighted by Gasteiger charge is 2.15. The van der Waals surface area contributed by atoms with E-state index in [1.165, 1.54) is 0 Å². The summed E-state index contributed by atoms with van der Waals surface area (Å²) in [6, 6.07) is -2.22. The number of nitrogens with zero attached hydrogens (tertiary/aromatic N) is 3. The number of hydrogen-bond acceptors (Lipinski definition) is 5. The molecule has 1 N–H and O–H groups in total. The van der Waals surface area contributed by atoms with Crippen LogP contribution in [0.2, 0.25) is 0 Å². The van der Waals surface area contributed by atoms with Crippen molar-refractivity contribution in [2.45, 2.75) is 6.85 Å². The van der Waals surface area contributed by atoms with E-state index < -0.39 is 66.1 Å². The average molecular weight is 224 g/mol. The molecular formula is C11H9N3O2. The highest BCUT2D eigenvalue weighted by molar-refractivity contribution is 5.92. The first kappa shape index (κ1) is 3.93. The Kier molecular flexibility index (Phi) is 0.998. The minimum atomic E-state index is -2.91. The molecule has 2 heterocycles. The fourth-order valence-electron chi connectivity index (χ4n) is 1.01. The molecule has 0 saturated carbocycles. The third-order valence-electron chi connectivity index (χ3n) is 1.62. The first-order valence-electron chi connectivity index (χ1n) is 8.41. The van der Waals surface area contributed by atoms with Crippen LogP contribution in [-0.2, 0) is 0 Å². The van der Waals surface area contributed by atoms with Crippen molar-refractivity contribution < 1.29 is 20.9 Å². The van der Waals surface area contributed by atoms with E-state index in [9.17, 15) is 4.79 Å². The normalized spacial score (nSPS) is 18.6. The molecule has 0 aliphatic carbocycles. The maximum absolute atomic E-state index is 11.8. The maximum Gasteiger partial charge on any atom is 0.355 e. The molecule has 0 unspecified atom stereocenters. The molecular weight excluding hydrogens is 206 g/mol. The van der Waals surface area contributed by atoms with Gasteiger partial charge in [0.2, 0.25) is 0 Å². The second kappa shape index (κ2) is 4.06. The van der Waals surface area contributed by atoms with Crippen molar-refractivity contribution in [3.8, 4) is 11.4 Å². The molecule has 2 aromatic heterocycles. The summed E-state index contributed by atoms with van der Waals surface area (Å²) >= 11 is 0. The van der Waals surface area contributed by atoms with Gasteiger partial charge in [-0.15, -0.1) is 0 Å². The summed E-state index contributed by atoms with van der Waals surface area (Å²) in [5.41, 5.74) is -2.22. The van der Waals surface area contributed by atoms with E-state index in [0.717, 1.165) is 0 Å². The Bertz CT molecular complexity index is 846. The minimum Gasteiger partial charge on any atom is -0.476 e. The third-order valence-corrected chi connectivity index (χ3v) is 1.62. The van der Waals surface area contributed by atoms with Gasteiger partial charge in [0.25, 0.3) is 1.43 Å². The van der Waals surface area contributed by atoms with Gasteiger partial charge in [0.1, 0.15) is 0 Å². The van der Waals surface area contributed by atoms with Crippen LogP contribution < -0.4 is 0 Å². The van der Waals surface area contributed by atoms with Gasteiger partial charge in [0.05, 0.1) is 12.4 Å². The summed E-state index contributed by atoms with van der Waals surface area (Å²) in [5, 5.41) is 3.78. The Balaban J connectivity index is 2.90. The number of aryl methyl sites for hydroxylation is 1. The fraction of sp³-hybridized carbons (Fsp3) is 0.0909. The topological polar surface area (TPSA) is 76.0 Å². The number of hydrogen-bond donors (Lipinski definition) is 1. The standard InChI is InChI=1S/C11H9N3O2/c1-7-3-4-8(9(14-7)11(15)16)10-12-5-2-6-13-10/h2-6H,1H3,(H,15,16)/i1D3,2D,3D,4D,5D,6D/hD. The lowest BCUT2D eigenvalue weighted by Gasteiger charge is -2.04. The van der Waals surface area contributed by atoms with Crippen molar-refractivity contribution >= 4 is 5.97 Å². The van der Waals surface area contributed by atoms with Crippen molar-refractivity contribution in [2.75, 3.05) is 0 Å². The molecule has 0 amide bonds. The van der Waals surface area contributed by atoms with Crippen LogP contribution in [0, 0.1) is 6.85 Å². The van der Waals surface area contributed by atoms with Crippen molar-refractivity contribution in [1.82, 2.24) is 15.0 Å². The van der Waals surface area contributed by atoms with E-state index in [0.29, 0.717) is 0 Å². The zero-order valence-corrected chi connectivity index (χ0v) is 7.66. The van der Waals surface area contributed by atoms with Gasteiger partial charge in [-0.05, 0) is 25.0 Å². The van der Waals surface area contributed by atoms with Gasteiger partial charge in [-0.2, -0.15) is 0 Å². The SMILES string of the molecule is [2H]OC(=O)c1nc(C([2H])([2H])[2H])c([2H])c([2H])c1-c1nc([2H])c([2H])c([2H])n1. The molecule has 0 aromatic carbocycles. The molecule has 0 saturated heterocycles. The van der Waals surface area contributed by atoms with Crippen LogP contribution in [-0.4, -0.2) is 26.0 Å². The Labute approximate surface area is 105 Å². The van der Waals surface area contributed by atoms with Gasteiger partial charge in [-0.3, -0.25) is 0 Å². The molecule has 0 radical (unpaired) electrons. The van der Waals surface area contributed by atoms with Crippen LogP contribution in [0.25, 0.3) is 12.8 Å². The van der Waals surface area contributed by atoms with Crippen LogP contribution in [0.1, 0.15) is 27.1 Å². The van der Waals surface area contributed by atoms with Gasteiger partial charge in [-0.1, -0.05) is 0 Å². The summed E-state index contributed by atoms with van der Waals surface area (Å²) in [6.07, 6.45) is -1.35. The summed E-state index contributed by atoms with van der Waals surface area (Å²) in [7, 11) is 0. The van der Waals surface area contributed by atoms with E-state index in [-0.39, 0.29) is 0 Å². The Hall–Kier alpha value is -2.30. The monoisotopic (exact) mass is 224 g/mol. The van der Waals surface area contributed by atoms with Gasteiger partial charge < -0.3 is 5.11 Å². The number of rotatable bonds is 2. The van der Waals surface area contributed by atoms with Crippen molar-refractivity contribution in [1.29, 1.82) is 1.43 Å². The van der Waals surface area contributed by atoms with E-state index in [2.05, 4.69) is 20.1 Å². The van der Waals surface area contributed by atoms with Crippen LogP contribution in [0.4, 0.5) is 0 Å². The van der Waals surface area contributed by atoms with Crippen molar-refractivity contribution in [3.05, 3.63) is 41.9 Å². The molecule has 0 aliphatic heterocycles. The van der Waals surface area contributed by atoms with Crippen LogP contribution in [0.15, 0.2) is 30.5 Å². The fourth-order valence-corrected chi connectivity index (χ4v) is 1.01. The van der Waals surface area contributed by atoms with Crippen LogP contribution in [0.5, 0.6) is 0 Å². The first-order valence-corrected chi connectivity index (χ1v) is 4.00. The molecule has 2 aromatic rings. The second-order valence-electron chi connectivity index (χ2n) is 2.62. The van der Waals surface area contributed by atoms with E-state index >= 15 is 0 Å². The Morgan fingerprint density at radius 3 is 3.00 bits per heavy atom. The number of carboxylic acid groups (broad SMARTS) is 1. The lowest BCUT2D eigenvalue weighted by molar-refractivity contribution is 0.0691. The number of aromatic nitrogens is 3. The largest absolute Gasteiger partial charge is 0.476 e. The molecule has 5 nitrogen and oxygen atoms in total. The highest BCUT2D eigenvalue weighted by atomic mass is 16.4. The summed E-state index contributed by atoms with van der Waals surface area (Å²) in [4.78, 5) is 22.5. The summed E-state index contributed by atoms with van der Waals surface area (Å²) in [6.45, 7) is -2.91. The molecule has 2 rings (SSSR count). The molecule has 0 atom stereocenters. The number of pyridine rings is 1. The summed E-state index contributed by atoms with van der Waals surface area (Å²) < 4.78 is 66.8. The van der Waals surface area contributed by atoms with Crippen LogP contribution >= 0.6 is 0 Å². The molecule has 0 aliphatic rings. The third kappa shape index (κ3) is 1.88. The van der Waals surface area contributed by atoms with Gasteiger partial charge >= 0.3 is 5.97 Å². The molecule has 0 fully saturated rings. The number of aromatic carboxylic acids is 1. The predicted molar refractivity (Wildman–Crippen MR) is 57.0 cm³/mol. The lowest BCUT2D eigenvalue weighted by Crippen LogP contribution is -2.05. The quantitative estimate of drug-likeness (QED) is 0.837. The smallest absolute Gasteiger partial charge is 0.355 e. The molecule has 5 heteroatoms. The van der Waals surface area contributed by atoms with Gasteiger partial charge in [-0.25, -0.2) is 19.7 Å². The second-order valence-corrected chi connectivity index (χ2v) is 2.62. The molecule has 0 spiro atoms.